The fourth-order valence-electron chi connectivity index (χ4n) is 3.83. The zero-order chi connectivity index (χ0) is 23.5. The second kappa shape index (κ2) is 9.75. The highest BCUT2D eigenvalue weighted by Gasteiger charge is 2.25. The third kappa shape index (κ3) is 5.25. The van der Waals surface area contributed by atoms with Crippen LogP contribution in [0.4, 0.5) is 5.69 Å². The molecule has 0 saturated carbocycles. The molecule has 1 fully saturated rings. The zero-order valence-electron chi connectivity index (χ0n) is 18.7. The number of aryl methyl sites for hydroxylation is 2. The molecule has 2 amide bonds. The zero-order valence-corrected chi connectivity index (χ0v) is 20.3. The summed E-state index contributed by atoms with van der Waals surface area (Å²) in [7, 11) is 0. The smallest absolute Gasteiger partial charge is 0.275 e. The quantitative estimate of drug-likeness (QED) is 0.549. The first-order chi connectivity index (χ1) is 15.8. The van der Waals surface area contributed by atoms with Crippen LogP contribution in [0.1, 0.15) is 52.6 Å². The third-order valence-electron chi connectivity index (χ3n) is 5.41. The maximum atomic E-state index is 12.9. The Bertz CT molecular complexity index is 1200. The number of thiocarbonyl (C=S) groups is 1. The van der Waals surface area contributed by atoms with E-state index in [1.807, 2.05) is 24.8 Å². The van der Waals surface area contributed by atoms with Crippen LogP contribution >= 0.6 is 23.6 Å². The molecular weight excluding hydrogens is 458 g/mol. The highest BCUT2D eigenvalue weighted by molar-refractivity contribution is 7.80. The van der Waals surface area contributed by atoms with E-state index in [4.69, 9.17) is 12.2 Å². The van der Waals surface area contributed by atoms with Gasteiger partial charge >= 0.3 is 0 Å². The monoisotopic (exact) mass is 483 g/mol. The first kappa shape index (κ1) is 23.0. The van der Waals surface area contributed by atoms with Crippen molar-refractivity contribution in [3.05, 3.63) is 51.9 Å². The van der Waals surface area contributed by atoms with Gasteiger partial charge in [0.15, 0.2) is 10.9 Å². The lowest BCUT2D eigenvalue weighted by molar-refractivity contribution is -0.117. The predicted molar refractivity (Wildman–Crippen MR) is 131 cm³/mol. The summed E-state index contributed by atoms with van der Waals surface area (Å²) in [6.07, 6.45) is 3.39. The van der Waals surface area contributed by atoms with Crippen LogP contribution in [-0.2, 0) is 4.79 Å². The minimum Gasteiger partial charge on any atom is -0.349 e. The van der Waals surface area contributed by atoms with Gasteiger partial charge < -0.3 is 15.5 Å². The molecule has 172 valence electrons. The number of hydrogen-bond donors (Lipinski definition) is 2. The molecular formula is C22H25N7O2S2. The Morgan fingerprint density at radius 2 is 2.00 bits per heavy atom. The molecule has 3 aromatic heterocycles. The molecule has 0 aliphatic carbocycles. The largest absolute Gasteiger partial charge is 0.349 e. The van der Waals surface area contributed by atoms with Gasteiger partial charge in [0.05, 0.1) is 16.4 Å². The van der Waals surface area contributed by atoms with Gasteiger partial charge in [0, 0.05) is 43.2 Å². The van der Waals surface area contributed by atoms with Crippen molar-refractivity contribution in [1.29, 1.82) is 0 Å². The Morgan fingerprint density at radius 1 is 1.24 bits per heavy atom. The topological polar surface area (TPSA) is 105 Å². The van der Waals surface area contributed by atoms with Gasteiger partial charge in [0.25, 0.3) is 5.91 Å². The summed E-state index contributed by atoms with van der Waals surface area (Å²) >= 11 is 6.77. The normalized spacial score (nSPS) is 14.2. The maximum absolute atomic E-state index is 12.9. The van der Waals surface area contributed by atoms with Crippen molar-refractivity contribution in [2.75, 3.05) is 18.4 Å². The molecule has 9 nitrogen and oxygen atoms in total. The molecule has 1 aliphatic rings. The summed E-state index contributed by atoms with van der Waals surface area (Å²) in [5, 5.41) is 13.3. The van der Waals surface area contributed by atoms with Crippen molar-refractivity contribution in [2.24, 2.45) is 0 Å². The van der Waals surface area contributed by atoms with E-state index < -0.39 is 0 Å². The number of carbonyl (C=O) groups excluding carboxylic acids is 2. The van der Waals surface area contributed by atoms with Gasteiger partial charge in [0.1, 0.15) is 5.69 Å². The third-order valence-corrected chi connectivity index (χ3v) is 6.78. The Balaban J connectivity index is 1.42. The van der Waals surface area contributed by atoms with E-state index in [1.54, 1.807) is 28.4 Å². The predicted octanol–water partition coefficient (Wildman–Crippen LogP) is 3.19. The molecule has 4 heterocycles. The molecule has 4 rings (SSSR count). The standard InChI is InChI=1S/C22H25N7O2S2/c1-13-11-14(2)29(27-13)19-17(5-4-8-23-19)25-20(31)18-12-33-21(26-18)16-6-9-28(10-7-16)22(32)24-15(3)30/h4-5,8,11-12,16H,6-7,9-10H2,1-3H3,(H,25,31)(H,24,30,32). The van der Waals surface area contributed by atoms with Crippen molar-refractivity contribution in [2.45, 2.75) is 39.5 Å². The average molecular weight is 484 g/mol. The number of amides is 2. The van der Waals surface area contributed by atoms with Crippen LogP contribution in [-0.4, -0.2) is 54.7 Å². The van der Waals surface area contributed by atoms with Crippen LogP contribution in [0.25, 0.3) is 5.82 Å². The lowest BCUT2D eigenvalue weighted by Gasteiger charge is -2.32. The Kier molecular flexibility index (Phi) is 6.80. The second-order valence-electron chi connectivity index (χ2n) is 7.99. The highest BCUT2D eigenvalue weighted by Crippen LogP contribution is 2.30. The van der Waals surface area contributed by atoms with Crippen molar-refractivity contribution in [3.8, 4) is 5.82 Å². The molecule has 1 saturated heterocycles. The second-order valence-corrected chi connectivity index (χ2v) is 9.26. The number of pyridine rings is 1. The van der Waals surface area contributed by atoms with E-state index in [0.29, 0.717) is 22.3 Å². The number of anilines is 1. The summed E-state index contributed by atoms with van der Waals surface area (Å²) in [4.78, 5) is 35.2. The number of carbonyl (C=O) groups is 2. The molecule has 33 heavy (non-hydrogen) atoms. The molecule has 0 radical (unpaired) electrons. The molecule has 0 spiro atoms. The number of piperidine rings is 1. The van der Waals surface area contributed by atoms with Gasteiger partial charge in [-0.25, -0.2) is 14.6 Å². The summed E-state index contributed by atoms with van der Waals surface area (Å²) < 4.78 is 1.72. The van der Waals surface area contributed by atoms with Crippen molar-refractivity contribution >= 4 is 46.2 Å². The number of hydrogen-bond acceptors (Lipinski definition) is 7. The SMILES string of the molecule is CC(=O)NC(=S)N1CCC(c2nc(C(=O)Nc3cccnc3-n3nc(C)cc3C)cs2)CC1. The first-order valence-electron chi connectivity index (χ1n) is 10.6. The van der Waals surface area contributed by atoms with Crippen molar-refractivity contribution < 1.29 is 9.59 Å². The van der Waals surface area contributed by atoms with Crippen LogP contribution in [0.15, 0.2) is 29.8 Å². The molecule has 11 heteroatoms. The Labute approximate surface area is 201 Å². The van der Waals surface area contributed by atoms with Gasteiger partial charge in [-0.2, -0.15) is 5.10 Å². The Hall–Kier alpha value is -3.18. The minimum absolute atomic E-state index is 0.160. The van der Waals surface area contributed by atoms with E-state index in [0.717, 1.165) is 42.3 Å². The highest BCUT2D eigenvalue weighted by atomic mass is 32.1. The molecule has 0 atom stereocenters. The number of rotatable bonds is 4. The molecule has 3 aromatic rings. The molecule has 0 aromatic carbocycles. The van der Waals surface area contributed by atoms with Gasteiger partial charge in [0.2, 0.25) is 5.91 Å². The van der Waals surface area contributed by atoms with Gasteiger partial charge in [-0.3, -0.25) is 9.59 Å². The summed E-state index contributed by atoms with van der Waals surface area (Å²) in [6.45, 7) is 6.80. The molecule has 2 N–H and O–H groups in total. The van der Waals surface area contributed by atoms with Crippen LogP contribution in [0.5, 0.6) is 0 Å². The van der Waals surface area contributed by atoms with Crippen LogP contribution in [0, 0.1) is 13.8 Å². The fourth-order valence-corrected chi connectivity index (χ4v) is 5.13. The Morgan fingerprint density at radius 3 is 2.67 bits per heavy atom. The number of thiazole rings is 1. The number of likely N-dealkylation sites (tertiary alicyclic amines) is 1. The minimum atomic E-state index is -0.280. The number of nitrogens with one attached hydrogen (secondary N) is 2. The van der Waals surface area contributed by atoms with Crippen LogP contribution < -0.4 is 10.6 Å². The van der Waals surface area contributed by atoms with E-state index in [9.17, 15) is 9.59 Å². The van der Waals surface area contributed by atoms with E-state index in [-0.39, 0.29) is 17.7 Å². The maximum Gasteiger partial charge on any atom is 0.275 e. The average Bonchev–Trinajstić information content (AvgIpc) is 3.40. The summed E-state index contributed by atoms with van der Waals surface area (Å²) in [6, 6.07) is 5.54. The van der Waals surface area contributed by atoms with Gasteiger partial charge in [-0.15, -0.1) is 11.3 Å². The molecule has 0 unspecified atom stereocenters. The first-order valence-corrected chi connectivity index (χ1v) is 11.9. The lowest BCUT2D eigenvalue weighted by Crippen LogP contribution is -2.45. The lowest BCUT2D eigenvalue weighted by atomic mass is 9.98. The van der Waals surface area contributed by atoms with Crippen molar-refractivity contribution in [1.82, 2.24) is 30.0 Å². The van der Waals surface area contributed by atoms with Gasteiger partial charge in [-0.1, -0.05) is 0 Å². The summed E-state index contributed by atoms with van der Waals surface area (Å²) in [5.74, 6) is 0.385. The fraction of sp³-hybridized carbons (Fsp3) is 0.364. The van der Waals surface area contributed by atoms with Gasteiger partial charge in [-0.05, 0) is 57.1 Å². The van der Waals surface area contributed by atoms with Crippen molar-refractivity contribution in [3.63, 3.8) is 0 Å². The molecule has 0 bridgehead atoms. The van der Waals surface area contributed by atoms with E-state index in [2.05, 4.69) is 25.7 Å². The summed E-state index contributed by atoms with van der Waals surface area (Å²) in [5.41, 5.74) is 2.77. The van der Waals surface area contributed by atoms with Crippen LogP contribution in [0.3, 0.4) is 0 Å². The number of nitrogens with zero attached hydrogens (tertiary/aromatic N) is 5. The van der Waals surface area contributed by atoms with E-state index in [1.165, 1.54) is 18.3 Å². The number of aromatic nitrogens is 4. The van der Waals surface area contributed by atoms with Crippen LogP contribution in [0.2, 0.25) is 0 Å². The molecule has 1 aliphatic heterocycles. The van der Waals surface area contributed by atoms with E-state index >= 15 is 0 Å².